The summed E-state index contributed by atoms with van der Waals surface area (Å²) in [5.41, 5.74) is 0. The summed E-state index contributed by atoms with van der Waals surface area (Å²) in [6.07, 6.45) is 4.88. The van der Waals surface area contributed by atoms with Gasteiger partial charge in [-0.3, -0.25) is 0 Å². The maximum absolute atomic E-state index is 8.52. The molecule has 0 aliphatic heterocycles. The van der Waals surface area contributed by atoms with Crippen LogP contribution in [0.5, 0.6) is 0 Å². The van der Waals surface area contributed by atoms with Crippen LogP contribution in [0.2, 0.25) is 0 Å². The zero-order valence-corrected chi connectivity index (χ0v) is 8.55. The van der Waals surface area contributed by atoms with Gasteiger partial charge in [-0.05, 0) is 6.07 Å². The second kappa shape index (κ2) is 13.5. The normalized spacial score (nSPS) is 6.92. The van der Waals surface area contributed by atoms with Gasteiger partial charge in [0.1, 0.15) is 6.33 Å². The fraction of sp³-hybridized carbons (Fsp3) is 0. The molecule has 0 bridgehead atoms. The summed E-state index contributed by atoms with van der Waals surface area (Å²) in [4.78, 5) is 24.4. The average Bonchev–Trinajstić information content (AvgIpc) is 1.90. The van der Waals surface area contributed by atoms with E-state index in [1.165, 1.54) is 6.33 Å². The first-order valence-corrected chi connectivity index (χ1v) is 3.54. The van der Waals surface area contributed by atoms with Crippen molar-refractivity contribution in [3.63, 3.8) is 0 Å². The Hall–Kier alpha value is -0.0438. The molecule has 12 heavy (non-hydrogen) atoms. The number of hydrogen-bond donors (Lipinski definition) is 0. The molecule has 0 saturated heterocycles. The smallest absolute Gasteiger partial charge is 0.813 e. The topological polar surface area (TPSA) is 120 Å². The van der Waals surface area contributed by atoms with Crippen LogP contribution >= 0.6 is 8.25 Å². The predicted octanol–water partition coefficient (Wildman–Crippen LogP) is -2.63. The molecule has 1 heterocycles. The second-order valence-electron chi connectivity index (χ2n) is 1.15. The SMILES string of the molecule is O.O=[PH]([O-])[O-].[Mg+2].c1cncnc1. The number of rotatable bonds is 0. The van der Waals surface area contributed by atoms with Crippen molar-refractivity contribution in [3.05, 3.63) is 24.8 Å². The van der Waals surface area contributed by atoms with E-state index in [0.29, 0.717) is 0 Å². The van der Waals surface area contributed by atoms with Crippen molar-refractivity contribution in [1.29, 1.82) is 0 Å². The van der Waals surface area contributed by atoms with Crippen LogP contribution in [0.4, 0.5) is 0 Å². The average molecular weight is 202 g/mol. The van der Waals surface area contributed by atoms with Gasteiger partial charge < -0.3 is 19.8 Å². The zero-order valence-electron chi connectivity index (χ0n) is 6.14. The Morgan fingerprint density at radius 1 is 1.17 bits per heavy atom. The van der Waals surface area contributed by atoms with E-state index in [0.717, 1.165) is 0 Å². The van der Waals surface area contributed by atoms with Crippen molar-refractivity contribution >= 4 is 31.3 Å². The predicted molar refractivity (Wildman–Crippen MR) is 40.4 cm³/mol. The van der Waals surface area contributed by atoms with Crippen molar-refractivity contribution in [2.24, 2.45) is 0 Å². The standard InChI is InChI=1S/C4H4N2.Mg.H3O3P.H2O/c1-2-5-4-6-3-1;;1-4(2)3;/h1-4H;;4H,(H2,1,2,3);1H2/q;+2;;/p-2. The summed E-state index contributed by atoms with van der Waals surface area (Å²) in [5.74, 6) is 0. The molecule has 2 N–H and O–H groups in total. The molecule has 0 atom stereocenters. The minimum atomic E-state index is -3.63. The largest absolute Gasteiger partial charge is 2.00 e. The van der Waals surface area contributed by atoms with E-state index in [9.17, 15) is 0 Å². The Morgan fingerprint density at radius 3 is 1.58 bits per heavy atom. The molecule has 8 heteroatoms. The molecule has 0 unspecified atom stereocenters. The summed E-state index contributed by atoms with van der Waals surface area (Å²) in [7, 11) is -3.63. The Kier molecular flexibility index (Phi) is 20.2. The van der Waals surface area contributed by atoms with Gasteiger partial charge in [-0.2, -0.15) is 0 Å². The summed E-state index contributed by atoms with van der Waals surface area (Å²) in [6.45, 7) is 0. The van der Waals surface area contributed by atoms with Crippen LogP contribution in [0.1, 0.15) is 0 Å². The van der Waals surface area contributed by atoms with E-state index in [1.54, 1.807) is 18.5 Å². The van der Waals surface area contributed by atoms with Gasteiger partial charge in [-0.25, -0.2) is 9.97 Å². The van der Waals surface area contributed by atoms with Gasteiger partial charge in [0.05, 0.1) is 0 Å². The van der Waals surface area contributed by atoms with Crippen molar-refractivity contribution in [2.45, 2.75) is 0 Å². The molecule has 0 radical (unpaired) electrons. The summed E-state index contributed by atoms with van der Waals surface area (Å²) in [6, 6.07) is 1.78. The second-order valence-corrected chi connectivity index (χ2v) is 1.65. The van der Waals surface area contributed by atoms with Crippen LogP contribution < -0.4 is 9.79 Å². The first kappa shape index (κ1) is 17.9. The van der Waals surface area contributed by atoms with E-state index in [2.05, 4.69) is 9.97 Å². The van der Waals surface area contributed by atoms with Crippen molar-refractivity contribution < 1.29 is 19.8 Å². The van der Waals surface area contributed by atoms with Gasteiger partial charge in [0.2, 0.25) is 0 Å². The molecule has 6 nitrogen and oxygen atoms in total. The Labute approximate surface area is 86.1 Å². The maximum atomic E-state index is 8.52. The quantitative estimate of drug-likeness (QED) is 0.336. The Balaban J connectivity index is -0.000000124. The minimum Gasteiger partial charge on any atom is -0.813 e. The van der Waals surface area contributed by atoms with Crippen LogP contribution in [0.15, 0.2) is 24.8 Å². The van der Waals surface area contributed by atoms with Gasteiger partial charge >= 0.3 is 23.1 Å². The van der Waals surface area contributed by atoms with E-state index in [1.807, 2.05) is 0 Å². The van der Waals surface area contributed by atoms with E-state index in [4.69, 9.17) is 14.4 Å². The van der Waals surface area contributed by atoms with Gasteiger partial charge in [-0.15, -0.1) is 0 Å². The fourth-order valence-electron chi connectivity index (χ4n) is 0.253. The van der Waals surface area contributed by atoms with E-state index < -0.39 is 8.25 Å². The first-order valence-electron chi connectivity index (χ1n) is 2.31. The molecule has 64 valence electrons. The van der Waals surface area contributed by atoms with Crippen molar-refractivity contribution in [2.75, 3.05) is 0 Å². The fourth-order valence-corrected chi connectivity index (χ4v) is 0.253. The zero-order chi connectivity index (χ0) is 7.82. The van der Waals surface area contributed by atoms with Gasteiger partial charge in [-0.1, -0.05) is 8.25 Å². The summed E-state index contributed by atoms with van der Waals surface area (Å²) < 4.78 is 8.52. The summed E-state index contributed by atoms with van der Waals surface area (Å²) >= 11 is 0. The van der Waals surface area contributed by atoms with Crippen molar-refractivity contribution in [3.8, 4) is 0 Å². The molecular weight excluding hydrogens is 195 g/mol. The third kappa shape index (κ3) is 22.5. The van der Waals surface area contributed by atoms with Crippen LogP contribution in [0.3, 0.4) is 0 Å². The Bertz CT molecular complexity index is 157. The van der Waals surface area contributed by atoms with E-state index >= 15 is 0 Å². The van der Waals surface area contributed by atoms with Crippen molar-refractivity contribution in [1.82, 2.24) is 9.97 Å². The van der Waals surface area contributed by atoms with Gasteiger partial charge in [0.15, 0.2) is 0 Å². The Morgan fingerprint density at radius 2 is 1.50 bits per heavy atom. The van der Waals surface area contributed by atoms with Crippen LogP contribution in [0, 0.1) is 0 Å². The molecule has 1 rings (SSSR count). The number of aromatic nitrogens is 2. The molecule has 0 saturated carbocycles. The molecule has 1 aromatic heterocycles. The minimum absolute atomic E-state index is 0. The number of hydrogen-bond acceptors (Lipinski definition) is 5. The van der Waals surface area contributed by atoms with Gasteiger partial charge in [0, 0.05) is 12.4 Å². The first-order chi connectivity index (χ1) is 4.73. The van der Waals surface area contributed by atoms with Gasteiger partial charge in [0.25, 0.3) is 0 Å². The maximum Gasteiger partial charge on any atom is 2.00 e. The molecule has 0 fully saturated rings. The molecular formula is C4H7MgN2O4P. The monoisotopic (exact) mass is 202 g/mol. The summed E-state index contributed by atoms with van der Waals surface area (Å²) in [5, 5.41) is 0. The molecule has 1 aromatic rings. The third-order valence-corrected chi connectivity index (χ3v) is 0.478. The molecule has 0 aliphatic rings. The molecule has 0 amide bonds. The third-order valence-electron chi connectivity index (χ3n) is 0.478. The van der Waals surface area contributed by atoms with Crippen LogP contribution in [-0.4, -0.2) is 38.5 Å². The van der Waals surface area contributed by atoms with E-state index in [-0.39, 0.29) is 28.5 Å². The van der Waals surface area contributed by atoms with Crippen LogP contribution in [0.25, 0.3) is 0 Å². The molecule has 0 aliphatic carbocycles. The number of nitrogens with zero attached hydrogens (tertiary/aromatic N) is 2. The molecule has 0 spiro atoms. The van der Waals surface area contributed by atoms with Crippen LogP contribution in [-0.2, 0) is 4.57 Å². The molecule has 0 aromatic carbocycles.